The van der Waals surface area contributed by atoms with Crippen molar-refractivity contribution in [3.63, 3.8) is 0 Å². The number of esters is 1. The maximum atomic E-state index is 12.6. The van der Waals surface area contributed by atoms with Gasteiger partial charge >= 0.3 is 5.97 Å². The van der Waals surface area contributed by atoms with Gasteiger partial charge in [-0.2, -0.15) is 0 Å². The number of hydrogen-bond donors (Lipinski definition) is 1. The molecular formula is C22H22BrN3O3. The molecule has 1 aromatic heterocycles. The lowest BCUT2D eigenvalue weighted by molar-refractivity contribution is 0.0525. The predicted molar refractivity (Wildman–Crippen MR) is 116 cm³/mol. The second kappa shape index (κ2) is 9.52. The highest BCUT2D eigenvalue weighted by Gasteiger charge is 2.23. The molecule has 2 aromatic carbocycles. The van der Waals surface area contributed by atoms with Gasteiger partial charge in [-0.1, -0.05) is 46.3 Å². The fraction of sp³-hybridized carbons (Fsp3) is 0.227. The van der Waals surface area contributed by atoms with Crippen LogP contribution in [0.1, 0.15) is 28.5 Å². The SMILES string of the molecule is CCOC(=O)c1c(C)nc(N)nc1-c1cc(Br)ccc1OCCc1ccccc1. The molecule has 29 heavy (non-hydrogen) atoms. The van der Waals surface area contributed by atoms with Crippen LogP contribution in [-0.2, 0) is 11.2 Å². The van der Waals surface area contributed by atoms with E-state index in [1.165, 1.54) is 5.56 Å². The third-order valence-electron chi connectivity index (χ3n) is 4.27. The summed E-state index contributed by atoms with van der Waals surface area (Å²) in [5, 5.41) is 0. The van der Waals surface area contributed by atoms with Gasteiger partial charge in [-0.3, -0.25) is 0 Å². The number of nitrogens with two attached hydrogens (primary N) is 1. The van der Waals surface area contributed by atoms with E-state index < -0.39 is 5.97 Å². The molecule has 0 saturated carbocycles. The Hall–Kier alpha value is -2.93. The fourth-order valence-electron chi connectivity index (χ4n) is 2.97. The van der Waals surface area contributed by atoms with Crippen LogP contribution < -0.4 is 10.5 Å². The molecule has 0 aliphatic rings. The van der Waals surface area contributed by atoms with Gasteiger partial charge in [0.05, 0.1) is 24.6 Å². The second-order valence-electron chi connectivity index (χ2n) is 6.34. The molecule has 150 valence electrons. The molecule has 0 radical (unpaired) electrons. The van der Waals surface area contributed by atoms with Crippen molar-refractivity contribution in [3.05, 3.63) is 69.8 Å². The minimum Gasteiger partial charge on any atom is -0.493 e. The van der Waals surface area contributed by atoms with Crippen LogP contribution in [0.3, 0.4) is 0 Å². The van der Waals surface area contributed by atoms with Crippen LogP contribution >= 0.6 is 15.9 Å². The monoisotopic (exact) mass is 455 g/mol. The molecule has 7 heteroatoms. The van der Waals surface area contributed by atoms with Gasteiger partial charge in [-0.25, -0.2) is 14.8 Å². The first-order valence-corrected chi connectivity index (χ1v) is 10.1. The highest BCUT2D eigenvalue weighted by Crippen LogP contribution is 2.35. The van der Waals surface area contributed by atoms with Crippen molar-refractivity contribution in [2.24, 2.45) is 0 Å². The summed E-state index contributed by atoms with van der Waals surface area (Å²) in [5.41, 5.74) is 8.84. The number of aryl methyl sites for hydroxylation is 1. The number of hydrogen-bond acceptors (Lipinski definition) is 6. The number of nitrogens with zero attached hydrogens (tertiary/aromatic N) is 2. The number of nitrogen functional groups attached to an aromatic ring is 1. The van der Waals surface area contributed by atoms with Gasteiger partial charge in [0.1, 0.15) is 11.3 Å². The molecule has 0 fully saturated rings. The van der Waals surface area contributed by atoms with Crippen molar-refractivity contribution in [1.29, 1.82) is 0 Å². The number of ether oxygens (including phenoxy) is 2. The van der Waals surface area contributed by atoms with Crippen LogP contribution in [-0.4, -0.2) is 29.2 Å². The van der Waals surface area contributed by atoms with Crippen LogP contribution in [0, 0.1) is 6.92 Å². The third-order valence-corrected chi connectivity index (χ3v) is 4.77. The summed E-state index contributed by atoms with van der Waals surface area (Å²) in [4.78, 5) is 21.0. The van der Waals surface area contributed by atoms with E-state index in [1.54, 1.807) is 13.8 Å². The molecule has 0 spiro atoms. The molecule has 0 atom stereocenters. The minimum atomic E-state index is -0.491. The Morgan fingerprint density at radius 3 is 2.62 bits per heavy atom. The van der Waals surface area contributed by atoms with Crippen molar-refractivity contribution >= 4 is 27.8 Å². The maximum absolute atomic E-state index is 12.6. The summed E-state index contributed by atoms with van der Waals surface area (Å²) < 4.78 is 12.1. The van der Waals surface area contributed by atoms with Gasteiger partial charge in [0, 0.05) is 16.5 Å². The van der Waals surface area contributed by atoms with E-state index >= 15 is 0 Å². The Morgan fingerprint density at radius 1 is 1.14 bits per heavy atom. The number of aromatic nitrogens is 2. The average Bonchev–Trinajstić information content (AvgIpc) is 2.69. The van der Waals surface area contributed by atoms with Crippen LogP contribution in [0.2, 0.25) is 0 Å². The molecule has 0 saturated heterocycles. The Bertz CT molecular complexity index is 1010. The highest BCUT2D eigenvalue weighted by atomic mass is 79.9. The lowest BCUT2D eigenvalue weighted by Crippen LogP contribution is -2.13. The lowest BCUT2D eigenvalue weighted by Gasteiger charge is -2.15. The summed E-state index contributed by atoms with van der Waals surface area (Å²) >= 11 is 3.48. The second-order valence-corrected chi connectivity index (χ2v) is 7.25. The molecule has 0 amide bonds. The van der Waals surface area contributed by atoms with Crippen molar-refractivity contribution in [1.82, 2.24) is 9.97 Å². The standard InChI is InChI=1S/C22H22BrN3O3/c1-3-28-21(27)19-14(2)25-22(24)26-20(19)17-13-16(23)9-10-18(17)29-12-11-15-7-5-4-6-8-15/h4-10,13H,3,11-12H2,1-2H3,(H2,24,25,26). The first kappa shape index (κ1) is 20.8. The molecule has 0 aliphatic heterocycles. The Balaban J connectivity index is 1.98. The summed E-state index contributed by atoms with van der Waals surface area (Å²) in [6.45, 7) is 4.19. The largest absolute Gasteiger partial charge is 0.493 e. The molecule has 0 bridgehead atoms. The Kier molecular flexibility index (Phi) is 6.82. The lowest BCUT2D eigenvalue weighted by atomic mass is 10.0. The van der Waals surface area contributed by atoms with Crippen LogP contribution in [0.25, 0.3) is 11.3 Å². The summed E-state index contributed by atoms with van der Waals surface area (Å²) in [5.74, 6) is 0.197. The third kappa shape index (κ3) is 5.12. The average molecular weight is 456 g/mol. The zero-order valence-corrected chi connectivity index (χ0v) is 17.9. The maximum Gasteiger partial charge on any atom is 0.342 e. The number of halogens is 1. The van der Waals surface area contributed by atoms with Crippen molar-refractivity contribution in [2.45, 2.75) is 20.3 Å². The van der Waals surface area contributed by atoms with Gasteiger partial charge in [0.2, 0.25) is 5.95 Å². The first-order chi connectivity index (χ1) is 14.0. The van der Waals surface area contributed by atoms with Gasteiger partial charge in [0.15, 0.2) is 0 Å². The van der Waals surface area contributed by atoms with Crippen molar-refractivity contribution in [3.8, 4) is 17.0 Å². The van der Waals surface area contributed by atoms with Crippen LogP contribution in [0.15, 0.2) is 53.0 Å². The minimum absolute atomic E-state index is 0.0840. The summed E-state index contributed by atoms with van der Waals surface area (Å²) in [6.07, 6.45) is 0.756. The first-order valence-electron chi connectivity index (χ1n) is 9.27. The van der Waals surface area contributed by atoms with E-state index in [4.69, 9.17) is 15.2 Å². The molecule has 3 rings (SSSR count). The van der Waals surface area contributed by atoms with E-state index in [1.807, 2.05) is 36.4 Å². The molecule has 0 unspecified atom stereocenters. The van der Waals surface area contributed by atoms with Gasteiger partial charge < -0.3 is 15.2 Å². The van der Waals surface area contributed by atoms with Crippen LogP contribution in [0.4, 0.5) is 5.95 Å². The quantitative estimate of drug-likeness (QED) is 0.523. The molecular weight excluding hydrogens is 434 g/mol. The number of carbonyl (C=O) groups is 1. The smallest absolute Gasteiger partial charge is 0.342 e. The van der Waals surface area contributed by atoms with E-state index in [9.17, 15) is 4.79 Å². The number of anilines is 1. The normalized spacial score (nSPS) is 10.6. The van der Waals surface area contributed by atoms with Crippen LogP contribution in [0.5, 0.6) is 5.75 Å². The number of rotatable bonds is 7. The number of carbonyl (C=O) groups excluding carboxylic acids is 1. The molecule has 0 aliphatic carbocycles. The van der Waals surface area contributed by atoms with Gasteiger partial charge in [-0.15, -0.1) is 0 Å². The molecule has 1 heterocycles. The van der Waals surface area contributed by atoms with E-state index in [2.05, 4.69) is 38.0 Å². The molecule has 3 aromatic rings. The van der Waals surface area contributed by atoms with Gasteiger partial charge in [0.25, 0.3) is 0 Å². The van der Waals surface area contributed by atoms with Gasteiger partial charge in [-0.05, 0) is 37.6 Å². The van der Waals surface area contributed by atoms with Crippen molar-refractivity contribution in [2.75, 3.05) is 18.9 Å². The fourth-order valence-corrected chi connectivity index (χ4v) is 3.33. The predicted octanol–water partition coefficient (Wildman–Crippen LogP) is 4.59. The highest BCUT2D eigenvalue weighted by molar-refractivity contribution is 9.10. The zero-order valence-electron chi connectivity index (χ0n) is 16.3. The Morgan fingerprint density at radius 2 is 1.90 bits per heavy atom. The zero-order chi connectivity index (χ0) is 20.8. The molecule has 2 N–H and O–H groups in total. The summed E-state index contributed by atoms with van der Waals surface area (Å²) in [6, 6.07) is 15.7. The number of benzene rings is 2. The topological polar surface area (TPSA) is 87.3 Å². The molecule has 6 nitrogen and oxygen atoms in total. The van der Waals surface area contributed by atoms with E-state index in [0.29, 0.717) is 29.3 Å². The Labute approximate surface area is 178 Å². The van der Waals surface area contributed by atoms with E-state index in [0.717, 1.165) is 10.9 Å². The summed E-state index contributed by atoms with van der Waals surface area (Å²) in [7, 11) is 0. The van der Waals surface area contributed by atoms with Crippen molar-refractivity contribution < 1.29 is 14.3 Å². The van der Waals surface area contributed by atoms with E-state index in [-0.39, 0.29) is 18.1 Å².